The maximum absolute atomic E-state index is 5.59. The van der Waals surface area contributed by atoms with Crippen LogP contribution in [0.2, 0.25) is 0 Å². The highest BCUT2D eigenvalue weighted by atomic mass is 16.3. The van der Waals surface area contributed by atoms with Crippen molar-refractivity contribution in [3.63, 3.8) is 0 Å². The van der Waals surface area contributed by atoms with Gasteiger partial charge in [0.2, 0.25) is 0 Å². The molecule has 1 aromatic rings. The van der Waals surface area contributed by atoms with E-state index in [2.05, 4.69) is 35.3 Å². The average molecular weight is 237 g/mol. The van der Waals surface area contributed by atoms with E-state index in [9.17, 15) is 0 Å². The van der Waals surface area contributed by atoms with E-state index < -0.39 is 0 Å². The molecular weight excluding hydrogens is 214 g/mol. The predicted molar refractivity (Wildman–Crippen MR) is 69.1 cm³/mol. The molecule has 1 N–H and O–H groups in total. The largest absolute Gasteiger partial charge is 0.465 e. The summed E-state index contributed by atoms with van der Waals surface area (Å²) in [7, 11) is 4.33. The Balaban J connectivity index is 1.78. The van der Waals surface area contributed by atoms with E-state index in [1.807, 2.05) is 13.0 Å². The van der Waals surface area contributed by atoms with E-state index in [0.717, 1.165) is 44.2 Å². The number of hydrogen-bond acceptors (Lipinski definition) is 4. The lowest BCUT2D eigenvalue weighted by Gasteiger charge is -2.33. The molecule has 0 radical (unpaired) electrons. The van der Waals surface area contributed by atoms with Crippen molar-refractivity contribution in [1.29, 1.82) is 0 Å². The molecule has 17 heavy (non-hydrogen) atoms. The molecule has 96 valence electrons. The highest BCUT2D eigenvalue weighted by molar-refractivity contribution is 5.05. The fraction of sp³-hybridized carbons (Fsp3) is 0.692. The van der Waals surface area contributed by atoms with Crippen LogP contribution in [0.1, 0.15) is 11.5 Å². The van der Waals surface area contributed by atoms with Crippen molar-refractivity contribution in [3.05, 3.63) is 23.7 Å². The van der Waals surface area contributed by atoms with Crippen LogP contribution < -0.4 is 5.32 Å². The van der Waals surface area contributed by atoms with Crippen molar-refractivity contribution in [2.75, 3.05) is 40.3 Å². The molecule has 0 aliphatic carbocycles. The van der Waals surface area contributed by atoms with E-state index in [-0.39, 0.29) is 0 Å². The average Bonchev–Trinajstić information content (AvgIpc) is 2.63. The summed E-state index contributed by atoms with van der Waals surface area (Å²) in [6, 6.07) is 4.65. The lowest BCUT2D eigenvalue weighted by Crippen LogP contribution is -2.53. The molecule has 0 bridgehead atoms. The Morgan fingerprint density at radius 1 is 1.53 bits per heavy atom. The summed E-state index contributed by atoms with van der Waals surface area (Å²) in [5.41, 5.74) is 0. The predicted octanol–water partition coefficient (Wildman–Crippen LogP) is 0.923. The highest BCUT2D eigenvalue weighted by Crippen LogP contribution is 2.09. The number of nitrogens with one attached hydrogen (secondary N) is 1. The van der Waals surface area contributed by atoms with E-state index in [1.54, 1.807) is 0 Å². The lowest BCUT2D eigenvalue weighted by atomic mass is 10.2. The maximum Gasteiger partial charge on any atom is 0.118 e. The van der Waals surface area contributed by atoms with Crippen LogP contribution in [0.5, 0.6) is 0 Å². The molecular formula is C13H23N3O. The highest BCUT2D eigenvalue weighted by Gasteiger charge is 2.18. The first kappa shape index (κ1) is 12.6. The number of furan rings is 1. The Labute approximate surface area is 104 Å². The van der Waals surface area contributed by atoms with Crippen molar-refractivity contribution in [2.24, 2.45) is 0 Å². The molecule has 1 saturated heterocycles. The normalized spacial score (nSPS) is 22.2. The fourth-order valence-corrected chi connectivity index (χ4v) is 2.39. The summed E-state index contributed by atoms with van der Waals surface area (Å²) in [6.07, 6.45) is 0. The van der Waals surface area contributed by atoms with Crippen LogP contribution in [0.25, 0.3) is 0 Å². The second kappa shape index (κ2) is 5.67. The summed E-state index contributed by atoms with van der Waals surface area (Å²) >= 11 is 0. The number of likely N-dealkylation sites (N-methyl/N-ethyl adjacent to an activating group) is 2. The monoisotopic (exact) mass is 237 g/mol. The third kappa shape index (κ3) is 3.84. The summed E-state index contributed by atoms with van der Waals surface area (Å²) in [5.74, 6) is 2.04. The van der Waals surface area contributed by atoms with Gasteiger partial charge in [-0.25, -0.2) is 0 Å². The van der Waals surface area contributed by atoms with Crippen LogP contribution in [-0.4, -0.2) is 56.1 Å². The summed E-state index contributed by atoms with van der Waals surface area (Å²) in [4.78, 5) is 4.70. The van der Waals surface area contributed by atoms with Gasteiger partial charge in [-0.3, -0.25) is 4.90 Å². The SMILES string of the molecule is Cc1ccc(CN(C)CC2CN(C)CCN2)o1. The number of aryl methyl sites for hydroxylation is 1. The van der Waals surface area contributed by atoms with Gasteiger partial charge in [-0.15, -0.1) is 0 Å². The second-order valence-corrected chi connectivity index (χ2v) is 5.12. The zero-order chi connectivity index (χ0) is 12.3. The van der Waals surface area contributed by atoms with Crippen molar-refractivity contribution in [1.82, 2.24) is 15.1 Å². The topological polar surface area (TPSA) is 31.6 Å². The minimum Gasteiger partial charge on any atom is -0.465 e. The first-order chi connectivity index (χ1) is 8.13. The minimum absolute atomic E-state index is 0.565. The zero-order valence-corrected chi connectivity index (χ0v) is 11.1. The van der Waals surface area contributed by atoms with Gasteiger partial charge in [-0.1, -0.05) is 0 Å². The summed E-state index contributed by atoms with van der Waals surface area (Å²) in [6.45, 7) is 7.30. The molecule has 1 atom stereocenters. The van der Waals surface area contributed by atoms with Gasteiger partial charge in [0.15, 0.2) is 0 Å². The molecule has 0 saturated carbocycles. The fourth-order valence-electron chi connectivity index (χ4n) is 2.39. The van der Waals surface area contributed by atoms with Crippen molar-refractivity contribution in [3.8, 4) is 0 Å². The Bertz CT molecular complexity index is 350. The smallest absolute Gasteiger partial charge is 0.118 e. The standard InChI is InChI=1S/C13H23N3O/c1-11-4-5-13(17-11)10-16(3)9-12-8-15(2)7-6-14-12/h4-5,12,14H,6-10H2,1-3H3. The van der Waals surface area contributed by atoms with Crippen LogP contribution >= 0.6 is 0 Å². The van der Waals surface area contributed by atoms with Gasteiger partial charge >= 0.3 is 0 Å². The van der Waals surface area contributed by atoms with E-state index in [0.29, 0.717) is 6.04 Å². The van der Waals surface area contributed by atoms with Crippen LogP contribution in [0.3, 0.4) is 0 Å². The molecule has 0 spiro atoms. The van der Waals surface area contributed by atoms with E-state index in [4.69, 9.17) is 4.42 Å². The van der Waals surface area contributed by atoms with Crippen molar-refractivity contribution in [2.45, 2.75) is 19.5 Å². The third-order valence-corrected chi connectivity index (χ3v) is 3.21. The molecule has 0 amide bonds. The third-order valence-electron chi connectivity index (χ3n) is 3.21. The molecule has 4 nitrogen and oxygen atoms in total. The van der Waals surface area contributed by atoms with Gasteiger partial charge in [-0.05, 0) is 33.2 Å². The Kier molecular flexibility index (Phi) is 4.20. The van der Waals surface area contributed by atoms with E-state index >= 15 is 0 Å². The zero-order valence-electron chi connectivity index (χ0n) is 11.1. The molecule has 2 heterocycles. The van der Waals surface area contributed by atoms with Crippen LogP contribution in [0, 0.1) is 6.92 Å². The van der Waals surface area contributed by atoms with Gasteiger partial charge in [0.25, 0.3) is 0 Å². The lowest BCUT2D eigenvalue weighted by molar-refractivity contribution is 0.187. The molecule has 2 rings (SSSR count). The van der Waals surface area contributed by atoms with Crippen molar-refractivity contribution < 1.29 is 4.42 Å². The summed E-state index contributed by atoms with van der Waals surface area (Å²) < 4.78 is 5.59. The first-order valence-corrected chi connectivity index (χ1v) is 6.29. The number of hydrogen-bond donors (Lipinski definition) is 1. The van der Waals surface area contributed by atoms with Gasteiger partial charge in [-0.2, -0.15) is 0 Å². The Morgan fingerprint density at radius 3 is 3.00 bits per heavy atom. The molecule has 1 aromatic heterocycles. The van der Waals surface area contributed by atoms with Crippen molar-refractivity contribution >= 4 is 0 Å². The van der Waals surface area contributed by atoms with Crippen LogP contribution in [0.15, 0.2) is 16.5 Å². The van der Waals surface area contributed by atoms with Crippen LogP contribution in [-0.2, 0) is 6.54 Å². The van der Waals surface area contributed by atoms with E-state index in [1.165, 1.54) is 0 Å². The quantitative estimate of drug-likeness (QED) is 0.844. The maximum atomic E-state index is 5.59. The second-order valence-electron chi connectivity index (χ2n) is 5.12. The minimum atomic E-state index is 0.565. The molecule has 4 heteroatoms. The molecule has 1 unspecified atom stereocenters. The first-order valence-electron chi connectivity index (χ1n) is 6.29. The molecule has 1 aliphatic heterocycles. The molecule has 1 aliphatic rings. The molecule has 1 fully saturated rings. The number of nitrogens with zero attached hydrogens (tertiary/aromatic N) is 2. The summed E-state index contributed by atoms with van der Waals surface area (Å²) in [5, 5.41) is 3.56. The Hall–Kier alpha value is -0.840. The van der Waals surface area contributed by atoms with Gasteiger partial charge in [0.1, 0.15) is 11.5 Å². The van der Waals surface area contributed by atoms with Gasteiger partial charge < -0.3 is 14.6 Å². The molecule has 0 aromatic carbocycles. The number of rotatable bonds is 4. The van der Waals surface area contributed by atoms with Gasteiger partial charge in [0.05, 0.1) is 6.54 Å². The Morgan fingerprint density at radius 2 is 2.35 bits per heavy atom. The van der Waals surface area contributed by atoms with Crippen LogP contribution in [0.4, 0.5) is 0 Å². The number of piperazine rings is 1. The van der Waals surface area contributed by atoms with Gasteiger partial charge in [0, 0.05) is 32.2 Å².